The summed E-state index contributed by atoms with van der Waals surface area (Å²) in [6.07, 6.45) is 0. The topological polar surface area (TPSA) is 54.2 Å². The lowest BCUT2D eigenvalue weighted by molar-refractivity contribution is 0.146. The van der Waals surface area contributed by atoms with Crippen LogP contribution in [0.25, 0.3) is 10.7 Å². The van der Waals surface area contributed by atoms with Crippen LogP contribution in [0.3, 0.4) is 0 Å². The minimum absolute atomic E-state index is 0. The molecule has 2 aromatic rings. The maximum absolute atomic E-state index is 5.35. The van der Waals surface area contributed by atoms with Gasteiger partial charge >= 0.3 is 0 Å². The zero-order valence-electron chi connectivity index (χ0n) is 11.0. The molecule has 1 aliphatic rings. The fourth-order valence-electron chi connectivity index (χ4n) is 2.14. The molecule has 0 radical (unpaired) electrons. The van der Waals surface area contributed by atoms with E-state index in [1.165, 1.54) is 0 Å². The van der Waals surface area contributed by atoms with Crippen molar-refractivity contribution in [3.05, 3.63) is 21.8 Å². The lowest BCUT2D eigenvalue weighted by Gasteiger charge is -2.32. The molecule has 20 heavy (non-hydrogen) atoms. The molecule has 3 rings (SSSR count). The molecule has 8 heteroatoms. The van der Waals surface area contributed by atoms with Gasteiger partial charge in [-0.2, -0.15) is 4.98 Å². The molecule has 1 N–H and O–H groups in total. The highest BCUT2D eigenvalue weighted by Gasteiger charge is 2.20. The molecule has 0 bridgehead atoms. The van der Waals surface area contributed by atoms with Gasteiger partial charge in [-0.3, -0.25) is 4.90 Å². The second-order valence-corrected chi connectivity index (χ2v) is 6.49. The van der Waals surface area contributed by atoms with Crippen LogP contribution in [0.4, 0.5) is 0 Å². The Kier molecular flexibility index (Phi) is 5.57. The first-order chi connectivity index (χ1) is 9.22. The van der Waals surface area contributed by atoms with E-state index in [1.807, 2.05) is 11.4 Å². The molecule has 0 amide bonds. The van der Waals surface area contributed by atoms with Gasteiger partial charge in [0.25, 0.3) is 0 Å². The van der Waals surface area contributed by atoms with Crippen molar-refractivity contribution in [3.63, 3.8) is 0 Å². The summed E-state index contributed by atoms with van der Waals surface area (Å²) in [5, 5.41) is 9.44. The van der Waals surface area contributed by atoms with Crippen LogP contribution in [0, 0.1) is 0 Å². The van der Waals surface area contributed by atoms with Crippen LogP contribution in [0.1, 0.15) is 12.8 Å². The first-order valence-corrected chi connectivity index (χ1v) is 7.91. The third-order valence-corrected chi connectivity index (χ3v) is 4.92. The summed E-state index contributed by atoms with van der Waals surface area (Å²) in [5.41, 5.74) is 0. The van der Waals surface area contributed by atoms with Crippen molar-refractivity contribution < 1.29 is 4.52 Å². The van der Waals surface area contributed by atoms with Crippen molar-refractivity contribution in [2.45, 2.75) is 19.5 Å². The van der Waals surface area contributed by atoms with Crippen LogP contribution in [-0.2, 0) is 6.54 Å². The van der Waals surface area contributed by atoms with Crippen molar-refractivity contribution in [1.29, 1.82) is 0 Å². The Labute approximate surface area is 136 Å². The molecule has 1 atom stereocenters. The fourth-order valence-corrected chi connectivity index (χ4v) is 3.49. The van der Waals surface area contributed by atoms with E-state index < -0.39 is 0 Å². The first kappa shape index (κ1) is 15.9. The van der Waals surface area contributed by atoms with E-state index in [9.17, 15) is 0 Å². The highest BCUT2D eigenvalue weighted by Crippen LogP contribution is 2.27. The van der Waals surface area contributed by atoms with E-state index in [0.29, 0.717) is 17.8 Å². The molecule has 0 aromatic carbocycles. The van der Waals surface area contributed by atoms with Gasteiger partial charge in [0.15, 0.2) is 0 Å². The summed E-state index contributed by atoms with van der Waals surface area (Å²) in [6.45, 7) is 5.98. The summed E-state index contributed by atoms with van der Waals surface area (Å²) in [4.78, 5) is 7.85. The number of hydrogen-bond donors (Lipinski definition) is 1. The fraction of sp³-hybridized carbons (Fsp3) is 0.500. The highest BCUT2D eigenvalue weighted by atomic mass is 79.9. The van der Waals surface area contributed by atoms with E-state index in [2.05, 4.69) is 43.2 Å². The molecule has 110 valence electrons. The summed E-state index contributed by atoms with van der Waals surface area (Å²) in [5.74, 6) is 1.36. The van der Waals surface area contributed by atoms with Gasteiger partial charge in [0.2, 0.25) is 11.7 Å². The Bertz CT molecular complexity index is 561. The number of aromatic nitrogens is 2. The van der Waals surface area contributed by atoms with Gasteiger partial charge in [0.1, 0.15) is 0 Å². The molecular weight excluding hydrogens is 364 g/mol. The Hall–Kier alpha value is -0.470. The number of nitrogens with zero attached hydrogens (tertiary/aromatic N) is 3. The Morgan fingerprint density at radius 2 is 2.45 bits per heavy atom. The number of nitrogens with one attached hydrogen (secondary N) is 1. The van der Waals surface area contributed by atoms with Crippen molar-refractivity contribution in [2.75, 3.05) is 19.6 Å². The van der Waals surface area contributed by atoms with Gasteiger partial charge in [-0.1, -0.05) is 5.16 Å². The van der Waals surface area contributed by atoms with Gasteiger partial charge in [0.05, 0.1) is 11.4 Å². The normalized spacial score (nSPS) is 19.8. The predicted octanol–water partition coefficient (Wildman–Crippen LogP) is 2.78. The van der Waals surface area contributed by atoms with Crippen LogP contribution < -0.4 is 5.32 Å². The van der Waals surface area contributed by atoms with Crippen LogP contribution in [-0.4, -0.2) is 40.7 Å². The zero-order chi connectivity index (χ0) is 13.2. The minimum atomic E-state index is 0. The Balaban J connectivity index is 0.00000147. The van der Waals surface area contributed by atoms with Gasteiger partial charge in [-0.15, -0.1) is 23.7 Å². The van der Waals surface area contributed by atoms with Crippen LogP contribution in [0.2, 0.25) is 0 Å². The number of thiophene rings is 1. The molecular formula is C12H16BrClN4OS. The number of hydrogen-bond acceptors (Lipinski definition) is 6. The van der Waals surface area contributed by atoms with Gasteiger partial charge < -0.3 is 9.84 Å². The summed E-state index contributed by atoms with van der Waals surface area (Å²) < 4.78 is 6.40. The molecule has 0 aliphatic carbocycles. The van der Waals surface area contributed by atoms with Gasteiger partial charge in [-0.25, -0.2) is 0 Å². The van der Waals surface area contributed by atoms with E-state index in [-0.39, 0.29) is 12.4 Å². The number of halogens is 2. The van der Waals surface area contributed by atoms with Crippen molar-refractivity contribution in [3.8, 4) is 10.7 Å². The Morgan fingerprint density at radius 1 is 1.60 bits per heavy atom. The number of rotatable bonds is 3. The van der Waals surface area contributed by atoms with E-state index >= 15 is 0 Å². The molecule has 5 nitrogen and oxygen atoms in total. The van der Waals surface area contributed by atoms with Crippen molar-refractivity contribution in [2.24, 2.45) is 0 Å². The molecule has 1 aliphatic heterocycles. The lowest BCUT2D eigenvalue weighted by atomic mass is 10.2. The van der Waals surface area contributed by atoms with E-state index in [0.717, 1.165) is 35.5 Å². The average Bonchev–Trinajstić information content (AvgIpc) is 3.01. The van der Waals surface area contributed by atoms with Crippen LogP contribution in [0.15, 0.2) is 20.4 Å². The van der Waals surface area contributed by atoms with Crippen LogP contribution in [0.5, 0.6) is 0 Å². The summed E-state index contributed by atoms with van der Waals surface area (Å²) in [6, 6.07) is 2.51. The highest BCUT2D eigenvalue weighted by molar-refractivity contribution is 9.10. The van der Waals surface area contributed by atoms with Gasteiger partial charge in [-0.05, 0) is 28.9 Å². The first-order valence-electron chi connectivity index (χ1n) is 6.24. The maximum Gasteiger partial charge on any atom is 0.241 e. The molecule has 2 aromatic heterocycles. The third-order valence-electron chi connectivity index (χ3n) is 3.23. The van der Waals surface area contributed by atoms with Gasteiger partial charge in [0, 0.05) is 35.5 Å². The number of piperazine rings is 1. The molecule has 0 unspecified atom stereocenters. The van der Waals surface area contributed by atoms with Crippen molar-refractivity contribution >= 4 is 39.7 Å². The average molecular weight is 380 g/mol. The molecule has 0 spiro atoms. The summed E-state index contributed by atoms with van der Waals surface area (Å²) >= 11 is 5.04. The van der Waals surface area contributed by atoms with E-state index in [1.54, 1.807) is 11.3 Å². The molecule has 1 saturated heterocycles. The summed E-state index contributed by atoms with van der Waals surface area (Å²) in [7, 11) is 0. The monoisotopic (exact) mass is 378 g/mol. The Morgan fingerprint density at radius 3 is 3.15 bits per heavy atom. The zero-order valence-corrected chi connectivity index (χ0v) is 14.2. The maximum atomic E-state index is 5.35. The van der Waals surface area contributed by atoms with Crippen LogP contribution >= 0.6 is 39.7 Å². The second-order valence-electron chi connectivity index (χ2n) is 4.66. The lowest BCUT2D eigenvalue weighted by Crippen LogP contribution is -2.49. The quantitative estimate of drug-likeness (QED) is 0.889. The van der Waals surface area contributed by atoms with Crippen molar-refractivity contribution in [1.82, 2.24) is 20.4 Å². The molecule has 1 fully saturated rings. The standard InChI is InChI=1S/C12H15BrN4OS.ClH/c1-8-5-14-2-3-17(8)6-11-15-12(16-18-11)10-4-9(13)7-19-10;/h4,7-8,14H,2-3,5-6H2,1H3;1H/t8-;/m0./s1. The minimum Gasteiger partial charge on any atom is -0.338 e. The molecule has 0 saturated carbocycles. The predicted molar refractivity (Wildman–Crippen MR) is 85.3 cm³/mol. The largest absolute Gasteiger partial charge is 0.338 e. The molecule has 3 heterocycles. The SMILES string of the molecule is C[C@H]1CNCCN1Cc1nc(-c2cc(Br)cs2)no1.Cl. The third kappa shape index (κ3) is 3.59. The smallest absolute Gasteiger partial charge is 0.241 e. The van der Waals surface area contributed by atoms with E-state index in [4.69, 9.17) is 4.52 Å². The second kappa shape index (κ2) is 7.00.